The molecule has 0 bridgehead atoms. The normalized spacial score (nSPS) is 13.4. The molecule has 0 atom stereocenters. The van der Waals surface area contributed by atoms with Crippen molar-refractivity contribution in [3.05, 3.63) is 39.5 Å². The Morgan fingerprint density at radius 1 is 1.32 bits per heavy atom. The summed E-state index contributed by atoms with van der Waals surface area (Å²) in [6, 6.07) is 6.13. The lowest BCUT2D eigenvalue weighted by atomic mass is 10.1. The molecule has 0 fully saturated rings. The molecule has 0 aliphatic carbocycles. The van der Waals surface area contributed by atoms with Gasteiger partial charge in [-0.25, -0.2) is 15.8 Å². The van der Waals surface area contributed by atoms with Gasteiger partial charge in [0.05, 0.1) is 5.69 Å². The first-order valence-electron chi connectivity index (χ1n) is 5.89. The van der Waals surface area contributed by atoms with Gasteiger partial charge in [0.15, 0.2) is 5.82 Å². The van der Waals surface area contributed by atoms with Gasteiger partial charge < -0.3 is 5.43 Å². The zero-order valence-corrected chi connectivity index (χ0v) is 12.8. The molecule has 0 spiro atoms. The lowest BCUT2D eigenvalue weighted by Crippen LogP contribution is -2.12. The van der Waals surface area contributed by atoms with Crippen molar-refractivity contribution in [2.24, 2.45) is 5.84 Å². The van der Waals surface area contributed by atoms with E-state index in [1.54, 1.807) is 0 Å². The molecule has 19 heavy (non-hydrogen) atoms. The van der Waals surface area contributed by atoms with Crippen molar-refractivity contribution in [2.75, 3.05) is 5.43 Å². The SMILES string of the molecule is Cc1ccc(-c2nc3c(c(NN)n2)CSC3)cc1Br. The number of nitrogens with two attached hydrogens (primary N) is 1. The Kier molecular flexibility index (Phi) is 3.47. The van der Waals surface area contributed by atoms with Gasteiger partial charge in [0, 0.05) is 27.1 Å². The third kappa shape index (κ3) is 2.35. The van der Waals surface area contributed by atoms with Crippen molar-refractivity contribution in [1.29, 1.82) is 0 Å². The number of halogens is 1. The van der Waals surface area contributed by atoms with E-state index in [-0.39, 0.29) is 0 Å². The fraction of sp³-hybridized carbons (Fsp3) is 0.231. The van der Waals surface area contributed by atoms with Gasteiger partial charge in [0.25, 0.3) is 0 Å². The van der Waals surface area contributed by atoms with Crippen LogP contribution in [-0.2, 0) is 11.5 Å². The summed E-state index contributed by atoms with van der Waals surface area (Å²) in [6.45, 7) is 2.06. The van der Waals surface area contributed by atoms with E-state index in [4.69, 9.17) is 5.84 Å². The molecule has 1 aliphatic heterocycles. The lowest BCUT2D eigenvalue weighted by molar-refractivity contribution is 1.06. The van der Waals surface area contributed by atoms with Gasteiger partial charge in [-0.3, -0.25) is 0 Å². The quantitative estimate of drug-likeness (QED) is 0.651. The van der Waals surface area contributed by atoms with Crippen molar-refractivity contribution < 1.29 is 0 Å². The second-order valence-electron chi connectivity index (χ2n) is 4.42. The summed E-state index contributed by atoms with van der Waals surface area (Å²) < 4.78 is 1.06. The minimum atomic E-state index is 0.718. The maximum absolute atomic E-state index is 5.57. The van der Waals surface area contributed by atoms with Gasteiger partial charge in [-0.15, -0.1) is 0 Å². The van der Waals surface area contributed by atoms with Crippen LogP contribution in [0.2, 0.25) is 0 Å². The maximum atomic E-state index is 5.57. The van der Waals surface area contributed by atoms with Crippen LogP contribution in [-0.4, -0.2) is 9.97 Å². The van der Waals surface area contributed by atoms with Crippen LogP contribution in [0, 0.1) is 6.92 Å². The minimum Gasteiger partial charge on any atom is -0.308 e. The number of rotatable bonds is 2. The molecule has 2 aromatic rings. The Bertz CT molecular complexity index is 645. The first-order chi connectivity index (χ1) is 9.19. The molecule has 1 aromatic carbocycles. The summed E-state index contributed by atoms with van der Waals surface area (Å²) >= 11 is 5.38. The highest BCUT2D eigenvalue weighted by Gasteiger charge is 2.20. The van der Waals surface area contributed by atoms with Crippen molar-refractivity contribution in [2.45, 2.75) is 18.4 Å². The van der Waals surface area contributed by atoms with E-state index in [0.29, 0.717) is 0 Å². The summed E-state index contributed by atoms with van der Waals surface area (Å²) in [5.41, 5.74) is 7.08. The van der Waals surface area contributed by atoms with E-state index >= 15 is 0 Å². The number of thioether (sulfide) groups is 1. The van der Waals surface area contributed by atoms with Gasteiger partial charge in [-0.05, 0) is 18.6 Å². The maximum Gasteiger partial charge on any atom is 0.161 e. The summed E-state index contributed by atoms with van der Waals surface area (Å²) in [4.78, 5) is 9.18. The zero-order chi connectivity index (χ0) is 13.4. The number of hydrazine groups is 1. The minimum absolute atomic E-state index is 0.718. The van der Waals surface area contributed by atoms with E-state index in [1.807, 2.05) is 23.9 Å². The van der Waals surface area contributed by atoms with Gasteiger partial charge >= 0.3 is 0 Å². The summed E-state index contributed by atoms with van der Waals surface area (Å²) in [5, 5.41) is 0. The van der Waals surface area contributed by atoms with Crippen molar-refractivity contribution in [1.82, 2.24) is 9.97 Å². The van der Waals surface area contributed by atoms with Crippen LogP contribution in [0.5, 0.6) is 0 Å². The molecular formula is C13H13BrN4S. The Hall–Kier alpha value is -1.11. The van der Waals surface area contributed by atoms with Gasteiger partial charge in [0.2, 0.25) is 0 Å². The molecule has 4 nitrogen and oxygen atoms in total. The molecule has 0 amide bonds. The van der Waals surface area contributed by atoms with Gasteiger partial charge in [-0.2, -0.15) is 11.8 Å². The van der Waals surface area contributed by atoms with Crippen LogP contribution < -0.4 is 11.3 Å². The van der Waals surface area contributed by atoms with Crippen LogP contribution in [0.25, 0.3) is 11.4 Å². The van der Waals surface area contributed by atoms with Gasteiger partial charge in [-0.1, -0.05) is 28.1 Å². The largest absolute Gasteiger partial charge is 0.308 e. The molecule has 2 heterocycles. The highest BCUT2D eigenvalue weighted by Crippen LogP contribution is 2.34. The molecule has 3 rings (SSSR count). The second-order valence-corrected chi connectivity index (χ2v) is 6.26. The summed E-state index contributed by atoms with van der Waals surface area (Å²) in [7, 11) is 0. The zero-order valence-electron chi connectivity index (χ0n) is 10.4. The highest BCUT2D eigenvalue weighted by molar-refractivity contribution is 9.10. The molecule has 98 valence electrons. The molecule has 0 radical (unpaired) electrons. The van der Waals surface area contributed by atoms with E-state index in [1.165, 1.54) is 5.56 Å². The Labute approximate surface area is 124 Å². The number of nitrogen functional groups attached to an aromatic ring is 1. The number of nitrogens with one attached hydrogen (secondary N) is 1. The molecule has 0 unspecified atom stereocenters. The van der Waals surface area contributed by atoms with Crippen LogP contribution in [0.15, 0.2) is 22.7 Å². The number of hydrogen-bond donors (Lipinski definition) is 2. The van der Waals surface area contributed by atoms with Crippen LogP contribution in [0.1, 0.15) is 16.8 Å². The predicted molar refractivity (Wildman–Crippen MR) is 82.7 cm³/mol. The Morgan fingerprint density at radius 3 is 2.89 bits per heavy atom. The number of anilines is 1. The smallest absolute Gasteiger partial charge is 0.161 e. The lowest BCUT2D eigenvalue weighted by Gasteiger charge is -2.09. The van der Waals surface area contributed by atoms with E-state index in [2.05, 4.69) is 44.3 Å². The van der Waals surface area contributed by atoms with Crippen LogP contribution in [0.3, 0.4) is 0 Å². The average molecular weight is 337 g/mol. The topological polar surface area (TPSA) is 63.8 Å². The Morgan fingerprint density at radius 2 is 2.16 bits per heavy atom. The standard InChI is InChI=1S/C13H13BrN4S/c1-7-2-3-8(4-10(7)14)12-16-11-6-19-5-9(11)13(17-12)18-15/h2-4H,5-6,15H2,1H3,(H,16,17,18). The van der Waals surface area contributed by atoms with Crippen molar-refractivity contribution >= 4 is 33.5 Å². The molecule has 6 heteroatoms. The third-order valence-electron chi connectivity index (χ3n) is 3.14. The fourth-order valence-electron chi connectivity index (χ4n) is 2.03. The fourth-order valence-corrected chi connectivity index (χ4v) is 3.45. The first-order valence-corrected chi connectivity index (χ1v) is 7.84. The average Bonchev–Trinajstić information content (AvgIpc) is 2.89. The molecule has 1 aliphatic rings. The van der Waals surface area contributed by atoms with Gasteiger partial charge in [0.1, 0.15) is 5.82 Å². The predicted octanol–water partition coefficient (Wildman–Crippen LogP) is 3.25. The molecule has 3 N–H and O–H groups in total. The van der Waals surface area contributed by atoms with Crippen molar-refractivity contribution in [3.63, 3.8) is 0 Å². The number of fused-ring (bicyclic) bond motifs is 1. The Balaban J connectivity index is 2.12. The number of aromatic nitrogens is 2. The van der Waals surface area contributed by atoms with Crippen LogP contribution >= 0.6 is 27.7 Å². The van der Waals surface area contributed by atoms with E-state index in [9.17, 15) is 0 Å². The third-order valence-corrected chi connectivity index (χ3v) is 4.97. The number of nitrogens with zero attached hydrogens (tertiary/aromatic N) is 2. The molecule has 1 aromatic heterocycles. The summed E-state index contributed by atoms with van der Waals surface area (Å²) in [6.07, 6.45) is 0. The number of benzene rings is 1. The monoisotopic (exact) mass is 336 g/mol. The molecular weight excluding hydrogens is 324 g/mol. The van der Waals surface area contributed by atoms with E-state index in [0.717, 1.165) is 44.4 Å². The first kappa shape index (κ1) is 12.9. The molecule has 0 saturated heterocycles. The highest BCUT2D eigenvalue weighted by atomic mass is 79.9. The van der Waals surface area contributed by atoms with Crippen molar-refractivity contribution in [3.8, 4) is 11.4 Å². The number of aryl methyl sites for hydroxylation is 1. The van der Waals surface area contributed by atoms with E-state index < -0.39 is 0 Å². The number of hydrogen-bond acceptors (Lipinski definition) is 5. The van der Waals surface area contributed by atoms with Crippen LogP contribution in [0.4, 0.5) is 5.82 Å². The second kappa shape index (κ2) is 5.11. The molecule has 0 saturated carbocycles. The summed E-state index contributed by atoms with van der Waals surface area (Å²) in [5.74, 6) is 8.87.